The minimum Gasteiger partial charge on any atom is -0.260 e. The lowest BCUT2D eigenvalue weighted by molar-refractivity contribution is -0.533. The van der Waals surface area contributed by atoms with E-state index in [2.05, 4.69) is 262 Å². The monoisotopic (exact) mass is 873 g/mol. The first-order valence-corrected chi connectivity index (χ1v) is 23.9. The molecule has 0 N–H and O–H groups in total. The van der Waals surface area contributed by atoms with E-state index in [-0.39, 0.29) is 5.41 Å². The highest BCUT2D eigenvalue weighted by Gasteiger charge is 2.57. The van der Waals surface area contributed by atoms with Gasteiger partial charge in [-0.25, -0.2) is 0 Å². The number of fused-ring (bicyclic) bond motifs is 9. The zero-order chi connectivity index (χ0) is 46.0. The molecule has 8 aromatic carbocycles. The molecule has 3 heteroatoms. The van der Waals surface area contributed by atoms with Crippen LogP contribution in [0.5, 0.6) is 0 Å². The molecule has 3 nitrogen and oxygen atoms in total. The summed E-state index contributed by atoms with van der Waals surface area (Å²) in [4.78, 5) is 5.39. The molecule has 68 heavy (non-hydrogen) atoms. The first kappa shape index (κ1) is 40.3. The van der Waals surface area contributed by atoms with Crippen LogP contribution in [0.2, 0.25) is 0 Å². The van der Waals surface area contributed by atoms with Crippen molar-refractivity contribution in [2.75, 3.05) is 7.05 Å². The third kappa shape index (κ3) is 5.23. The second kappa shape index (κ2) is 14.5. The van der Waals surface area contributed by atoms with Gasteiger partial charge in [0.1, 0.15) is 0 Å². The Hall–Kier alpha value is -7.97. The van der Waals surface area contributed by atoms with Crippen LogP contribution in [0, 0.1) is 0 Å². The summed E-state index contributed by atoms with van der Waals surface area (Å²) >= 11 is 0. The smallest absolute Gasteiger partial charge is 0.260 e. The Kier molecular flexibility index (Phi) is 8.61. The average Bonchev–Trinajstić information content (AvgIpc) is 4.08. The lowest BCUT2D eigenvalue weighted by atomic mass is 9.64. The highest BCUT2D eigenvalue weighted by molar-refractivity contribution is 5.89. The van der Waals surface area contributed by atoms with Crippen molar-refractivity contribution in [2.45, 2.75) is 49.5 Å². The van der Waals surface area contributed by atoms with Crippen molar-refractivity contribution >= 4 is 6.01 Å². The Bertz CT molecular complexity index is 3560. The van der Waals surface area contributed by atoms with Crippen LogP contribution in [-0.4, -0.2) is 27.2 Å². The summed E-state index contributed by atoms with van der Waals surface area (Å²) in [5, 5.41) is 0. The predicted molar refractivity (Wildman–Crippen MR) is 275 cm³/mol. The van der Waals surface area contributed by atoms with Gasteiger partial charge in [-0.05, 0) is 102 Å². The number of pyridine rings is 1. The fourth-order valence-corrected chi connectivity index (χ4v) is 12.7. The van der Waals surface area contributed by atoms with Gasteiger partial charge in [-0.15, -0.1) is 0 Å². The maximum absolute atomic E-state index is 5.39. The SMILES string of the molecule is CC1=C[N+](C2(c3cccc(C4(c5cccc(C6(c7cc(C(C)(C)C)ccn7)c7ccccc7-c7ccccc76)c5)c5ccccc5-c5ccccc54)c3)c3ccccc3-c3ccccc32)=C=[N+]1C. The van der Waals surface area contributed by atoms with E-state index in [0.29, 0.717) is 0 Å². The number of aromatic nitrogens is 1. The summed E-state index contributed by atoms with van der Waals surface area (Å²) in [5.41, 5.74) is 21.2. The molecule has 0 saturated carbocycles. The van der Waals surface area contributed by atoms with Gasteiger partial charge in [0.2, 0.25) is 0 Å². The Morgan fingerprint density at radius 2 is 0.809 bits per heavy atom. The molecule has 2 heterocycles. The number of nitrogens with zero attached hydrogens (tertiary/aromatic N) is 3. The first-order valence-electron chi connectivity index (χ1n) is 23.9. The summed E-state index contributed by atoms with van der Waals surface area (Å²) < 4.78 is 4.46. The number of benzene rings is 8. The predicted octanol–water partition coefficient (Wildman–Crippen LogP) is 14.1. The van der Waals surface area contributed by atoms with E-state index >= 15 is 0 Å². The second-order valence-electron chi connectivity index (χ2n) is 20.1. The molecule has 4 aliphatic rings. The molecule has 0 atom stereocenters. The maximum atomic E-state index is 5.39. The van der Waals surface area contributed by atoms with E-state index in [1.165, 1.54) is 94.6 Å². The van der Waals surface area contributed by atoms with Crippen molar-refractivity contribution in [3.8, 4) is 33.4 Å². The highest BCUT2D eigenvalue weighted by Crippen LogP contribution is 2.61. The van der Waals surface area contributed by atoms with Gasteiger partial charge in [0.25, 0.3) is 17.4 Å². The van der Waals surface area contributed by atoms with Gasteiger partial charge in [0.15, 0.2) is 7.05 Å². The van der Waals surface area contributed by atoms with Gasteiger partial charge in [0, 0.05) is 29.8 Å². The van der Waals surface area contributed by atoms with E-state index in [0.717, 1.165) is 11.4 Å². The molecular weight excluding hydrogens is 823 g/mol. The van der Waals surface area contributed by atoms with Gasteiger partial charge in [-0.1, -0.05) is 218 Å². The largest absolute Gasteiger partial charge is 0.490 e. The van der Waals surface area contributed by atoms with Crippen LogP contribution in [0.3, 0.4) is 0 Å². The van der Waals surface area contributed by atoms with Crippen molar-refractivity contribution < 1.29 is 9.15 Å². The minimum atomic E-state index is -0.696. The van der Waals surface area contributed by atoms with Crippen LogP contribution in [-0.2, 0) is 21.8 Å². The molecule has 9 aromatic rings. The third-order valence-corrected chi connectivity index (χ3v) is 15.7. The molecule has 3 aliphatic carbocycles. The Morgan fingerprint density at radius 1 is 0.426 bits per heavy atom. The van der Waals surface area contributed by atoms with Crippen molar-refractivity contribution in [3.63, 3.8) is 0 Å². The zero-order valence-electron chi connectivity index (χ0n) is 39.1. The molecular formula is C65H51N3+2. The highest BCUT2D eigenvalue weighted by atomic mass is 15.2. The van der Waals surface area contributed by atoms with Gasteiger partial charge < -0.3 is 0 Å². The summed E-state index contributed by atoms with van der Waals surface area (Å²) in [5.74, 6) is 0. The standard InChI is InChI=1S/C65H51N3/c1-43-41-68(42-67(43)5)65(59-34-16-10-28-53(59)54-29-11-17-35-60(54)65)48-23-19-21-46(39-48)63(55-30-12-6-24-49(55)50-25-7-13-31-56(50)63)45-20-18-22-47(38-45)64(61-40-44(36-37-66-61)62(2,3)4)57-32-14-8-26-51(57)52-27-9-15-33-58(52)64/h6-41H,1-5H3/q+2. The molecule has 1 aromatic heterocycles. The van der Waals surface area contributed by atoms with E-state index in [1.54, 1.807) is 0 Å². The molecule has 0 unspecified atom stereocenters. The molecule has 0 radical (unpaired) electrons. The van der Waals surface area contributed by atoms with E-state index in [4.69, 9.17) is 4.98 Å². The third-order valence-electron chi connectivity index (χ3n) is 15.7. The van der Waals surface area contributed by atoms with Crippen LogP contribution in [0.1, 0.15) is 94.6 Å². The number of rotatable bonds is 6. The molecule has 0 saturated heterocycles. The molecule has 0 amide bonds. The zero-order valence-corrected chi connectivity index (χ0v) is 39.1. The Balaban J connectivity index is 1.14. The quantitative estimate of drug-likeness (QED) is 0.152. The first-order chi connectivity index (χ1) is 33.2. The lowest BCUT2D eigenvalue weighted by Gasteiger charge is -2.38. The summed E-state index contributed by atoms with van der Waals surface area (Å²) in [6.07, 6.45) is 4.30. The minimum absolute atomic E-state index is 0.0725. The summed E-state index contributed by atoms with van der Waals surface area (Å²) in [6.45, 7) is 9.06. The van der Waals surface area contributed by atoms with Crippen molar-refractivity contribution in [1.82, 2.24) is 4.98 Å². The topological polar surface area (TPSA) is 18.9 Å². The van der Waals surface area contributed by atoms with Crippen LogP contribution in [0.4, 0.5) is 0 Å². The second-order valence-corrected chi connectivity index (χ2v) is 20.1. The molecule has 0 bridgehead atoms. The molecule has 1 aliphatic heterocycles. The van der Waals surface area contributed by atoms with Gasteiger partial charge in [-0.3, -0.25) is 4.98 Å². The van der Waals surface area contributed by atoms with Crippen LogP contribution in [0.25, 0.3) is 33.4 Å². The average molecular weight is 874 g/mol. The number of hydrogen-bond donors (Lipinski definition) is 0. The fraction of sp³-hybridized carbons (Fsp3) is 0.138. The van der Waals surface area contributed by atoms with Crippen LogP contribution >= 0.6 is 0 Å². The van der Waals surface area contributed by atoms with Gasteiger partial charge in [0.05, 0.1) is 16.5 Å². The Labute approximate surface area is 399 Å². The molecule has 0 spiro atoms. The number of hydrogen-bond acceptors (Lipinski definition) is 1. The molecule has 13 rings (SSSR count). The van der Waals surface area contributed by atoms with Gasteiger partial charge >= 0.3 is 6.01 Å². The van der Waals surface area contributed by atoms with Crippen molar-refractivity contribution in [1.29, 1.82) is 0 Å². The molecule has 324 valence electrons. The summed E-state index contributed by atoms with van der Waals surface area (Å²) in [7, 11) is 2.10. The fourth-order valence-electron chi connectivity index (χ4n) is 12.7. The van der Waals surface area contributed by atoms with Crippen molar-refractivity contribution in [2.24, 2.45) is 0 Å². The maximum Gasteiger partial charge on any atom is 0.490 e. The van der Waals surface area contributed by atoms with Crippen LogP contribution < -0.4 is 0 Å². The lowest BCUT2D eigenvalue weighted by Crippen LogP contribution is -2.38. The number of allylic oxidation sites excluding steroid dienone is 1. The van der Waals surface area contributed by atoms with Crippen molar-refractivity contribution in [3.05, 3.63) is 291 Å². The van der Waals surface area contributed by atoms with E-state index in [9.17, 15) is 0 Å². The summed E-state index contributed by atoms with van der Waals surface area (Å²) in [6, 6.07) is 81.7. The van der Waals surface area contributed by atoms with E-state index < -0.39 is 16.4 Å². The Morgan fingerprint density at radius 3 is 1.25 bits per heavy atom. The van der Waals surface area contributed by atoms with Gasteiger partial charge in [-0.2, -0.15) is 0 Å². The van der Waals surface area contributed by atoms with E-state index in [1.807, 2.05) is 6.20 Å². The van der Waals surface area contributed by atoms with Crippen LogP contribution in [0.15, 0.2) is 224 Å². The normalized spacial score (nSPS) is 16.1. The molecule has 0 fully saturated rings.